The highest BCUT2D eigenvalue weighted by Gasteiger charge is 2.21. The molecule has 0 bridgehead atoms. The molecule has 0 aromatic rings. The summed E-state index contributed by atoms with van der Waals surface area (Å²) in [5.74, 6) is 0.983. The quantitative estimate of drug-likeness (QED) is 0.747. The van der Waals surface area contributed by atoms with E-state index in [0.29, 0.717) is 11.8 Å². The minimum atomic E-state index is 0.392. The molecule has 2 aliphatic rings. The van der Waals surface area contributed by atoms with Gasteiger partial charge >= 0.3 is 0 Å². The average molecular weight is 210 g/mol. The van der Waals surface area contributed by atoms with Gasteiger partial charge in [0.15, 0.2) is 0 Å². The molecule has 0 aliphatic carbocycles. The molecule has 86 valence electrons. The molecule has 1 amide bonds. The maximum atomic E-state index is 12.0. The Morgan fingerprint density at radius 1 is 1.20 bits per heavy atom. The highest BCUT2D eigenvalue weighted by molar-refractivity contribution is 5.76. The number of likely N-dealkylation sites (tertiary alicyclic amines) is 1. The number of amides is 1. The molecular weight excluding hydrogens is 188 g/mol. The number of hydrogen-bond donors (Lipinski definition) is 1. The minimum Gasteiger partial charge on any atom is -0.343 e. The van der Waals surface area contributed by atoms with Crippen LogP contribution in [0.3, 0.4) is 0 Å². The van der Waals surface area contributed by atoms with E-state index in [0.717, 1.165) is 32.6 Å². The van der Waals surface area contributed by atoms with Crippen molar-refractivity contribution in [3.63, 3.8) is 0 Å². The van der Waals surface area contributed by atoms with Gasteiger partial charge in [0.25, 0.3) is 0 Å². The third-order valence-electron chi connectivity index (χ3n) is 3.57. The van der Waals surface area contributed by atoms with Crippen molar-refractivity contribution in [2.45, 2.75) is 38.5 Å². The molecule has 15 heavy (non-hydrogen) atoms. The Hall–Kier alpha value is -0.570. The van der Waals surface area contributed by atoms with Crippen LogP contribution in [0.4, 0.5) is 0 Å². The average Bonchev–Trinajstić information content (AvgIpc) is 2.31. The molecule has 2 aliphatic heterocycles. The van der Waals surface area contributed by atoms with Crippen LogP contribution in [-0.2, 0) is 4.79 Å². The van der Waals surface area contributed by atoms with E-state index in [1.807, 2.05) is 0 Å². The monoisotopic (exact) mass is 210 g/mol. The molecule has 2 fully saturated rings. The summed E-state index contributed by atoms with van der Waals surface area (Å²) in [5.41, 5.74) is 0. The van der Waals surface area contributed by atoms with Gasteiger partial charge in [-0.2, -0.15) is 0 Å². The molecule has 0 aromatic heterocycles. The van der Waals surface area contributed by atoms with Crippen molar-refractivity contribution in [2.75, 3.05) is 26.2 Å². The summed E-state index contributed by atoms with van der Waals surface area (Å²) in [5, 5.41) is 3.37. The van der Waals surface area contributed by atoms with E-state index in [-0.39, 0.29) is 0 Å². The van der Waals surface area contributed by atoms with Crippen molar-refractivity contribution in [1.29, 1.82) is 0 Å². The lowest BCUT2D eigenvalue weighted by Gasteiger charge is -2.29. The Bertz CT molecular complexity index is 206. The SMILES string of the molecule is O=C(C[C@H]1CCCNC1)N1CCCCC1. The maximum Gasteiger partial charge on any atom is 0.222 e. The van der Waals surface area contributed by atoms with Crippen LogP contribution in [0.15, 0.2) is 0 Å². The van der Waals surface area contributed by atoms with Crippen molar-refractivity contribution in [2.24, 2.45) is 5.92 Å². The number of carbonyl (C=O) groups is 1. The van der Waals surface area contributed by atoms with Gasteiger partial charge in [-0.25, -0.2) is 0 Å². The molecule has 1 atom stereocenters. The summed E-state index contributed by atoms with van der Waals surface area (Å²) in [7, 11) is 0. The lowest BCUT2D eigenvalue weighted by molar-refractivity contribution is -0.133. The van der Waals surface area contributed by atoms with Gasteiger partial charge in [-0.05, 0) is 51.1 Å². The predicted molar refractivity (Wildman–Crippen MR) is 60.6 cm³/mol. The molecule has 0 spiro atoms. The van der Waals surface area contributed by atoms with E-state index < -0.39 is 0 Å². The molecule has 1 N–H and O–H groups in total. The second-order valence-electron chi connectivity index (χ2n) is 4.86. The van der Waals surface area contributed by atoms with Crippen LogP contribution in [0.1, 0.15) is 38.5 Å². The number of nitrogens with one attached hydrogen (secondary N) is 1. The molecule has 2 rings (SSSR count). The number of nitrogens with zero attached hydrogens (tertiary/aromatic N) is 1. The first-order valence-electron chi connectivity index (χ1n) is 6.35. The summed E-state index contributed by atoms with van der Waals surface area (Å²) in [6.07, 6.45) is 6.94. The summed E-state index contributed by atoms with van der Waals surface area (Å²) in [4.78, 5) is 14.0. The smallest absolute Gasteiger partial charge is 0.222 e. The number of carbonyl (C=O) groups excluding carboxylic acids is 1. The Morgan fingerprint density at radius 3 is 2.67 bits per heavy atom. The first kappa shape index (κ1) is 10.9. The first-order chi connectivity index (χ1) is 7.36. The van der Waals surface area contributed by atoms with Gasteiger partial charge in [0.2, 0.25) is 5.91 Å². The summed E-state index contributed by atoms with van der Waals surface area (Å²) in [6, 6.07) is 0. The van der Waals surface area contributed by atoms with Gasteiger partial charge in [-0.3, -0.25) is 4.79 Å². The standard InChI is InChI=1S/C12H22N2O/c15-12(14-7-2-1-3-8-14)9-11-5-4-6-13-10-11/h11,13H,1-10H2/t11-/m1/s1. The number of rotatable bonds is 2. The van der Waals surface area contributed by atoms with Crippen molar-refractivity contribution in [3.8, 4) is 0 Å². The Balaban J connectivity index is 1.74. The summed E-state index contributed by atoms with van der Waals surface area (Å²) in [6.45, 7) is 4.17. The van der Waals surface area contributed by atoms with Crippen LogP contribution in [0.2, 0.25) is 0 Å². The second-order valence-corrected chi connectivity index (χ2v) is 4.86. The maximum absolute atomic E-state index is 12.0. The normalized spacial score (nSPS) is 27.7. The van der Waals surface area contributed by atoms with Crippen molar-refractivity contribution >= 4 is 5.91 Å². The van der Waals surface area contributed by atoms with Crippen LogP contribution in [0, 0.1) is 5.92 Å². The third-order valence-corrected chi connectivity index (χ3v) is 3.57. The van der Waals surface area contributed by atoms with Crippen LogP contribution < -0.4 is 5.32 Å². The molecule has 2 saturated heterocycles. The summed E-state index contributed by atoms with van der Waals surface area (Å²) >= 11 is 0. The topological polar surface area (TPSA) is 32.3 Å². The van der Waals surface area contributed by atoms with Gasteiger partial charge in [-0.1, -0.05) is 0 Å². The van der Waals surface area contributed by atoms with Crippen LogP contribution >= 0.6 is 0 Å². The zero-order valence-corrected chi connectivity index (χ0v) is 9.50. The van der Waals surface area contributed by atoms with E-state index >= 15 is 0 Å². The molecule has 3 nitrogen and oxygen atoms in total. The third kappa shape index (κ3) is 3.20. The van der Waals surface area contributed by atoms with Crippen LogP contribution in [0.5, 0.6) is 0 Å². The number of hydrogen-bond acceptors (Lipinski definition) is 2. The molecule has 3 heteroatoms. The molecule has 0 unspecified atom stereocenters. The van der Waals surface area contributed by atoms with Gasteiger partial charge < -0.3 is 10.2 Å². The lowest BCUT2D eigenvalue weighted by Crippen LogP contribution is -2.39. The Morgan fingerprint density at radius 2 is 2.00 bits per heavy atom. The van der Waals surface area contributed by atoms with E-state index in [4.69, 9.17) is 0 Å². The largest absolute Gasteiger partial charge is 0.343 e. The fourth-order valence-corrected chi connectivity index (χ4v) is 2.62. The second kappa shape index (κ2) is 5.50. The highest BCUT2D eigenvalue weighted by Crippen LogP contribution is 2.17. The van der Waals surface area contributed by atoms with E-state index in [2.05, 4.69) is 10.2 Å². The van der Waals surface area contributed by atoms with Crippen molar-refractivity contribution in [1.82, 2.24) is 10.2 Å². The van der Waals surface area contributed by atoms with Gasteiger partial charge in [0.05, 0.1) is 0 Å². The predicted octanol–water partition coefficient (Wildman–Crippen LogP) is 1.39. The highest BCUT2D eigenvalue weighted by atomic mass is 16.2. The lowest BCUT2D eigenvalue weighted by atomic mass is 9.95. The molecular formula is C12H22N2O. The zero-order valence-electron chi connectivity index (χ0n) is 9.50. The van der Waals surface area contributed by atoms with E-state index in [9.17, 15) is 4.79 Å². The van der Waals surface area contributed by atoms with E-state index in [1.165, 1.54) is 32.1 Å². The zero-order chi connectivity index (χ0) is 10.5. The minimum absolute atomic E-state index is 0.392. The first-order valence-corrected chi connectivity index (χ1v) is 6.35. The van der Waals surface area contributed by atoms with Crippen molar-refractivity contribution in [3.05, 3.63) is 0 Å². The fourth-order valence-electron chi connectivity index (χ4n) is 2.62. The van der Waals surface area contributed by atoms with Gasteiger partial charge in [0.1, 0.15) is 0 Å². The summed E-state index contributed by atoms with van der Waals surface area (Å²) < 4.78 is 0. The fraction of sp³-hybridized carbons (Fsp3) is 0.917. The van der Waals surface area contributed by atoms with Crippen LogP contribution in [0.25, 0.3) is 0 Å². The molecule has 0 radical (unpaired) electrons. The molecule has 0 saturated carbocycles. The van der Waals surface area contributed by atoms with Gasteiger partial charge in [-0.15, -0.1) is 0 Å². The Labute approximate surface area is 92.2 Å². The van der Waals surface area contributed by atoms with Crippen LogP contribution in [-0.4, -0.2) is 37.0 Å². The van der Waals surface area contributed by atoms with Gasteiger partial charge in [0, 0.05) is 19.5 Å². The Kier molecular flexibility index (Phi) is 4.01. The van der Waals surface area contributed by atoms with E-state index in [1.54, 1.807) is 0 Å². The molecule has 2 heterocycles. The number of piperidine rings is 2. The molecule has 0 aromatic carbocycles. The van der Waals surface area contributed by atoms with Crippen molar-refractivity contribution < 1.29 is 4.79 Å².